The van der Waals surface area contributed by atoms with Crippen molar-refractivity contribution in [2.24, 2.45) is 0 Å². The number of pyridine rings is 1. The van der Waals surface area contributed by atoms with Gasteiger partial charge in [-0.15, -0.1) is 0 Å². The molecule has 0 aliphatic rings. The molecule has 1 heterocycles. The monoisotopic (exact) mass is 338 g/mol. The summed E-state index contributed by atoms with van der Waals surface area (Å²) in [6.07, 6.45) is 1.47. The molecule has 0 N–H and O–H groups in total. The van der Waals surface area contributed by atoms with Crippen LogP contribution in [0, 0.1) is 0 Å². The van der Waals surface area contributed by atoms with Crippen LogP contribution in [0.4, 0.5) is 14.5 Å². The molecular formula is C16H16F2N2O4. The van der Waals surface area contributed by atoms with E-state index in [-0.39, 0.29) is 17.1 Å². The molecule has 0 aliphatic heterocycles. The van der Waals surface area contributed by atoms with Crippen molar-refractivity contribution in [1.82, 2.24) is 4.98 Å². The van der Waals surface area contributed by atoms with Gasteiger partial charge in [-0.2, -0.15) is 8.78 Å². The topological polar surface area (TPSA) is 60.9 Å². The van der Waals surface area contributed by atoms with Gasteiger partial charge in [-0.3, -0.25) is 4.79 Å². The van der Waals surface area contributed by atoms with Crippen LogP contribution in [-0.4, -0.2) is 38.8 Å². The minimum atomic E-state index is -3.02. The molecule has 8 heteroatoms. The average molecular weight is 338 g/mol. The summed E-state index contributed by atoms with van der Waals surface area (Å²) in [7, 11) is 4.35. The standard InChI is InChI=1S/C16H16F2N2O4/c1-20(11-5-7-14(23-3)19-9-11)15(21)10-4-6-12(22-2)13(8-10)24-16(17)18/h4-9,16H,1-3H3. The van der Waals surface area contributed by atoms with Gasteiger partial charge in [-0.25, -0.2) is 4.98 Å². The number of alkyl halides is 2. The zero-order valence-corrected chi connectivity index (χ0v) is 13.3. The Morgan fingerprint density at radius 1 is 1.12 bits per heavy atom. The SMILES string of the molecule is COc1ccc(N(C)C(=O)c2ccc(OC)c(OC(F)F)c2)cn1. The summed E-state index contributed by atoms with van der Waals surface area (Å²) in [5, 5.41) is 0. The highest BCUT2D eigenvalue weighted by molar-refractivity contribution is 6.06. The zero-order valence-electron chi connectivity index (χ0n) is 13.3. The second-order valence-electron chi connectivity index (χ2n) is 4.67. The Kier molecular flexibility index (Phi) is 5.51. The quantitative estimate of drug-likeness (QED) is 0.810. The van der Waals surface area contributed by atoms with Gasteiger partial charge in [0.15, 0.2) is 11.5 Å². The van der Waals surface area contributed by atoms with E-state index >= 15 is 0 Å². The number of hydrogen-bond acceptors (Lipinski definition) is 5. The molecule has 1 amide bonds. The van der Waals surface area contributed by atoms with Crippen molar-refractivity contribution in [2.45, 2.75) is 6.61 Å². The molecule has 1 aromatic heterocycles. The highest BCUT2D eigenvalue weighted by Gasteiger charge is 2.18. The van der Waals surface area contributed by atoms with Gasteiger partial charge in [0.1, 0.15) is 0 Å². The first kappa shape index (κ1) is 17.5. The van der Waals surface area contributed by atoms with Crippen molar-refractivity contribution in [3.05, 3.63) is 42.1 Å². The number of benzene rings is 1. The summed E-state index contributed by atoms with van der Waals surface area (Å²) in [5.74, 6) is -0.0966. The van der Waals surface area contributed by atoms with Gasteiger partial charge in [0.05, 0.1) is 26.1 Å². The predicted octanol–water partition coefficient (Wildman–Crippen LogP) is 2.98. The lowest BCUT2D eigenvalue weighted by atomic mass is 10.1. The van der Waals surface area contributed by atoms with Crippen LogP contribution in [0.5, 0.6) is 17.4 Å². The minimum Gasteiger partial charge on any atom is -0.493 e. The molecule has 0 saturated carbocycles. The number of hydrogen-bond donors (Lipinski definition) is 0. The first-order valence-electron chi connectivity index (χ1n) is 6.87. The first-order valence-corrected chi connectivity index (χ1v) is 6.87. The molecule has 6 nitrogen and oxygen atoms in total. The number of methoxy groups -OCH3 is 2. The Morgan fingerprint density at radius 2 is 1.88 bits per heavy atom. The molecule has 128 valence electrons. The largest absolute Gasteiger partial charge is 0.493 e. The molecule has 0 aliphatic carbocycles. The van der Waals surface area contributed by atoms with Crippen LogP contribution in [0.3, 0.4) is 0 Å². The molecule has 2 aromatic rings. The van der Waals surface area contributed by atoms with Crippen molar-refractivity contribution in [1.29, 1.82) is 0 Å². The second kappa shape index (κ2) is 7.58. The van der Waals surface area contributed by atoms with Gasteiger partial charge in [0.25, 0.3) is 5.91 Å². The maximum Gasteiger partial charge on any atom is 0.387 e. The molecule has 0 spiro atoms. The van der Waals surface area contributed by atoms with Gasteiger partial charge < -0.3 is 19.1 Å². The minimum absolute atomic E-state index is 0.112. The summed E-state index contributed by atoms with van der Waals surface area (Å²) in [6, 6.07) is 7.33. The van der Waals surface area contributed by atoms with E-state index in [1.54, 1.807) is 19.2 Å². The van der Waals surface area contributed by atoms with E-state index in [4.69, 9.17) is 9.47 Å². The second-order valence-corrected chi connectivity index (χ2v) is 4.67. The normalized spacial score (nSPS) is 10.4. The van der Waals surface area contributed by atoms with Crippen molar-refractivity contribution >= 4 is 11.6 Å². The van der Waals surface area contributed by atoms with E-state index in [1.807, 2.05) is 0 Å². The van der Waals surface area contributed by atoms with Gasteiger partial charge in [0.2, 0.25) is 5.88 Å². The third-order valence-electron chi connectivity index (χ3n) is 3.25. The Balaban J connectivity index is 2.27. The van der Waals surface area contributed by atoms with Gasteiger partial charge in [-0.1, -0.05) is 0 Å². The van der Waals surface area contributed by atoms with Crippen LogP contribution < -0.4 is 19.1 Å². The maximum absolute atomic E-state index is 12.5. The van der Waals surface area contributed by atoms with Crippen molar-refractivity contribution in [3.63, 3.8) is 0 Å². The molecule has 1 aromatic carbocycles. The van der Waals surface area contributed by atoms with E-state index in [9.17, 15) is 13.6 Å². The predicted molar refractivity (Wildman–Crippen MR) is 83.1 cm³/mol. The van der Waals surface area contributed by atoms with E-state index < -0.39 is 12.5 Å². The highest BCUT2D eigenvalue weighted by atomic mass is 19.3. The summed E-state index contributed by atoms with van der Waals surface area (Å²) < 4.78 is 39.2. The number of nitrogens with zero attached hydrogens (tertiary/aromatic N) is 2. The zero-order chi connectivity index (χ0) is 17.7. The molecule has 24 heavy (non-hydrogen) atoms. The molecule has 0 bridgehead atoms. The van der Waals surface area contributed by atoms with Crippen LogP contribution in [-0.2, 0) is 0 Å². The van der Waals surface area contributed by atoms with Crippen LogP contribution in [0.1, 0.15) is 10.4 Å². The van der Waals surface area contributed by atoms with Crippen LogP contribution in [0.2, 0.25) is 0 Å². The fraction of sp³-hybridized carbons (Fsp3) is 0.250. The number of carbonyl (C=O) groups excluding carboxylic acids is 1. The van der Waals surface area contributed by atoms with Crippen molar-refractivity contribution in [2.75, 3.05) is 26.2 Å². The van der Waals surface area contributed by atoms with Crippen LogP contribution >= 0.6 is 0 Å². The van der Waals surface area contributed by atoms with Gasteiger partial charge in [0, 0.05) is 18.7 Å². The van der Waals surface area contributed by atoms with Gasteiger partial charge in [-0.05, 0) is 24.3 Å². The lowest BCUT2D eigenvalue weighted by molar-refractivity contribution is -0.0512. The molecular weight excluding hydrogens is 322 g/mol. The Morgan fingerprint density at radius 3 is 2.42 bits per heavy atom. The van der Waals surface area contributed by atoms with Crippen molar-refractivity contribution in [3.8, 4) is 17.4 Å². The fourth-order valence-electron chi connectivity index (χ4n) is 2.00. The Labute approximate surface area is 137 Å². The number of halogens is 2. The van der Waals surface area contributed by atoms with E-state index in [0.29, 0.717) is 11.6 Å². The number of anilines is 1. The summed E-state index contributed by atoms with van der Waals surface area (Å²) in [5.41, 5.74) is 0.692. The summed E-state index contributed by atoms with van der Waals surface area (Å²) in [6.45, 7) is -3.02. The van der Waals surface area contributed by atoms with E-state index in [2.05, 4.69) is 9.72 Å². The summed E-state index contributed by atoms with van der Waals surface area (Å²) >= 11 is 0. The third kappa shape index (κ3) is 3.89. The molecule has 0 radical (unpaired) electrons. The number of rotatable bonds is 6. The van der Waals surface area contributed by atoms with Crippen LogP contribution in [0.25, 0.3) is 0 Å². The maximum atomic E-state index is 12.5. The van der Waals surface area contributed by atoms with E-state index in [1.165, 1.54) is 43.5 Å². The Bertz CT molecular complexity index is 708. The third-order valence-corrected chi connectivity index (χ3v) is 3.25. The number of amides is 1. The Hall–Kier alpha value is -2.90. The summed E-state index contributed by atoms with van der Waals surface area (Å²) in [4.78, 5) is 17.9. The average Bonchev–Trinajstić information content (AvgIpc) is 2.60. The van der Waals surface area contributed by atoms with Gasteiger partial charge >= 0.3 is 6.61 Å². The molecule has 0 saturated heterocycles. The van der Waals surface area contributed by atoms with Crippen LogP contribution in [0.15, 0.2) is 36.5 Å². The van der Waals surface area contributed by atoms with Crippen molar-refractivity contribution < 1.29 is 27.8 Å². The molecule has 0 atom stereocenters. The lowest BCUT2D eigenvalue weighted by Crippen LogP contribution is -2.26. The number of carbonyl (C=O) groups is 1. The molecule has 2 rings (SSSR count). The number of ether oxygens (including phenoxy) is 3. The lowest BCUT2D eigenvalue weighted by Gasteiger charge is -2.18. The van der Waals surface area contributed by atoms with E-state index in [0.717, 1.165) is 0 Å². The smallest absolute Gasteiger partial charge is 0.387 e. The molecule has 0 unspecified atom stereocenters. The highest BCUT2D eigenvalue weighted by Crippen LogP contribution is 2.30. The first-order chi connectivity index (χ1) is 11.5. The number of aromatic nitrogens is 1. The fourth-order valence-corrected chi connectivity index (χ4v) is 2.00. The molecule has 0 fully saturated rings.